The van der Waals surface area contributed by atoms with Crippen molar-refractivity contribution in [2.45, 2.75) is 0 Å². The molecular formula is C24H20N2O7. The number of carbonyl (C=O) groups excluding carboxylic acids is 4. The van der Waals surface area contributed by atoms with E-state index < -0.39 is 30.4 Å². The Bertz CT molecular complexity index is 1210. The molecule has 2 aromatic carbocycles. The summed E-state index contributed by atoms with van der Waals surface area (Å²) < 4.78 is 14.3. The quantitative estimate of drug-likeness (QED) is 0.333. The molecule has 0 bridgehead atoms. The number of pyridine rings is 1. The van der Waals surface area contributed by atoms with Gasteiger partial charge in [0.05, 0.1) is 30.9 Å². The molecular weight excluding hydrogens is 428 g/mol. The molecule has 168 valence electrons. The summed E-state index contributed by atoms with van der Waals surface area (Å²) in [5.74, 6) is -2.79. The van der Waals surface area contributed by atoms with Crippen molar-refractivity contribution in [2.75, 3.05) is 26.1 Å². The molecule has 1 amide bonds. The second-order valence-electron chi connectivity index (χ2n) is 6.69. The zero-order chi connectivity index (χ0) is 23.8. The van der Waals surface area contributed by atoms with Crippen LogP contribution < -0.4 is 5.32 Å². The average molecular weight is 448 g/mol. The Kier molecular flexibility index (Phi) is 7.48. The van der Waals surface area contributed by atoms with Crippen molar-refractivity contribution in [3.63, 3.8) is 0 Å². The van der Waals surface area contributed by atoms with Gasteiger partial charge in [0.15, 0.2) is 6.61 Å². The molecule has 0 unspecified atom stereocenters. The minimum atomic E-state index is -0.725. The highest BCUT2D eigenvalue weighted by Gasteiger charge is 2.15. The first-order valence-electron chi connectivity index (χ1n) is 9.71. The summed E-state index contributed by atoms with van der Waals surface area (Å²) in [5, 5.41) is 3.39. The van der Waals surface area contributed by atoms with Gasteiger partial charge in [-0.2, -0.15) is 0 Å². The topological polar surface area (TPSA) is 121 Å². The van der Waals surface area contributed by atoms with Crippen LogP contribution in [0.4, 0.5) is 5.69 Å². The van der Waals surface area contributed by atoms with Gasteiger partial charge >= 0.3 is 17.9 Å². The van der Waals surface area contributed by atoms with E-state index in [0.29, 0.717) is 0 Å². The summed E-state index contributed by atoms with van der Waals surface area (Å²) in [6.45, 7) is -0.576. The first-order chi connectivity index (χ1) is 15.9. The highest BCUT2D eigenvalue weighted by molar-refractivity contribution is 6.00. The van der Waals surface area contributed by atoms with E-state index in [0.717, 1.165) is 16.5 Å². The van der Waals surface area contributed by atoms with Crippen molar-refractivity contribution in [3.8, 4) is 0 Å². The summed E-state index contributed by atoms with van der Waals surface area (Å²) >= 11 is 0. The average Bonchev–Trinajstić information content (AvgIpc) is 2.84. The number of rotatable bonds is 7. The van der Waals surface area contributed by atoms with Gasteiger partial charge < -0.3 is 19.5 Å². The number of amides is 1. The maximum absolute atomic E-state index is 12.2. The lowest BCUT2D eigenvalue weighted by Gasteiger charge is -2.09. The fourth-order valence-corrected chi connectivity index (χ4v) is 2.97. The monoisotopic (exact) mass is 448 g/mol. The number of hydrogen-bond donors (Lipinski definition) is 1. The molecule has 0 fully saturated rings. The summed E-state index contributed by atoms with van der Waals surface area (Å²) in [6, 6.07) is 13.2. The zero-order valence-electron chi connectivity index (χ0n) is 17.9. The van der Waals surface area contributed by atoms with E-state index in [9.17, 15) is 19.2 Å². The van der Waals surface area contributed by atoms with E-state index in [1.807, 2.05) is 24.3 Å². The fourth-order valence-electron chi connectivity index (χ4n) is 2.97. The number of hydrogen-bond acceptors (Lipinski definition) is 8. The van der Waals surface area contributed by atoms with Gasteiger partial charge in [0.1, 0.15) is 0 Å². The van der Waals surface area contributed by atoms with E-state index >= 15 is 0 Å². The van der Waals surface area contributed by atoms with Gasteiger partial charge in [-0.3, -0.25) is 9.78 Å². The fraction of sp³-hybridized carbons (Fsp3) is 0.125. The van der Waals surface area contributed by atoms with Gasteiger partial charge in [-0.1, -0.05) is 24.3 Å². The van der Waals surface area contributed by atoms with Crippen LogP contribution in [-0.2, 0) is 23.8 Å². The Labute approximate surface area is 189 Å². The van der Waals surface area contributed by atoms with Crippen LogP contribution >= 0.6 is 0 Å². The molecule has 9 nitrogen and oxygen atoms in total. The predicted molar refractivity (Wildman–Crippen MR) is 119 cm³/mol. The number of fused-ring (bicyclic) bond motifs is 1. The Morgan fingerprint density at radius 2 is 1.61 bits per heavy atom. The van der Waals surface area contributed by atoms with E-state index in [-0.39, 0.29) is 16.8 Å². The number of esters is 3. The molecule has 0 spiro atoms. The summed E-state index contributed by atoms with van der Waals surface area (Å²) in [7, 11) is 2.37. The molecule has 0 aliphatic carbocycles. The predicted octanol–water partition coefficient (Wildman–Crippen LogP) is 3.00. The third-order valence-electron chi connectivity index (χ3n) is 4.47. The van der Waals surface area contributed by atoms with Crippen LogP contribution in [0.3, 0.4) is 0 Å². The Hall–Kier alpha value is -4.53. The second-order valence-corrected chi connectivity index (χ2v) is 6.69. The SMILES string of the molecule is COC(=O)c1cc(NC(=O)COC(=O)/C=C\c2cccc3cccnc23)cc(C(=O)OC)c1. The van der Waals surface area contributed by atoms with Crippen LogP contribution in [0.15, 0.2) is 60.8 Å². The van der Waals surface area contributed by atoms with Crippen LogP contribution in [0.2, 0.25) is 0 Å². The Balaban J connectivity index is 1.64. The standard InChI is InChI=1S/C24H20N2O7/c1-31-23(29)17-11-18(24(30)32-2)13-19(12-17)26-20(27)14-33-21(28)9-8-16-6-3-5-15-7-4-10-25-22(15)16/h3-13H,14H2,1-2H3,(H,26,27)/b9-8-. The van der Waals surface area contributed by atoms with Gasteiger partial charge in [0.25, 0.3) is 5.91 Å². The summed E-state index contributed by atoms with van der Waals surface area (Å²) in [4.78, 5) is 52.2. The maximum atomic E-state index is 12.2. The van der Waals surface area contributed by atoms with Crippen molar-refractivity contribution >= 4 is 46.5 Å². The summed E-state index contributed by atoms with van der Waals surface area (Å²) in [6.07, 6.45) is 4.41. The highest BCUT2D eigenvalue weighted by Crippen LogP contribution is 2.18. The first kappa shape index (κ1) is 23.1. The molecule has 1 heterocycles. The van der Waals surface area contributed by atoms with Crippen molar-refractivity contribution < 1.29 is 33.4 Å². The van der Waals surface area contributed by atoms with Gasteiger partial charge in [-0.25, -0.2) is 14.4 Å². The van der Waals surface area contributed by atoms with Crippen molar-refractivity contribution in [1.82, 2.24) is 4.98 Å². The Morgan fingerprint density at radius 3 is 2.27 bits per heavy atom. The number of ether oxygens (including phenoxy) is 3. The maximum Gasteiger partial charge on any atom is 0.337 e. The molecule has 3 aromatic rings. The minimum absolute atomic E-state index is 0.0410. The van der Waals surface area contributed by atoms with Crippen molar-refractivity contribution in [3.05, 3.63) is 77.5 Å². The number of benzene rings is 2. The third-order valence-corrected chi connectivity index (χ3v) is 4.47. The van der Waals surface area contributed by atoms with E-state index in [4.69, 9.17) is 4.74 Å². The molecule has 0 aliphatic heterocycles. The normalized spacial score (nSPS) is 10.6. The van der Waals surface area contributed by atoms with Crippen molar-refractivity contribution in [1.29, 1.82) is 0 Å². The van der Waals surface area contributed by atoms with E-state index in [2.05, 4.69) is 19.8 Å². The van der Waals surface area contributed by atoms with Crippen LogP contribution in [0.25, 0.3) is 17.0 Å². The minimum Gasteiger partial charge on any atom is -0.465 e. The van der Waals surface area contributed by atoms with Crippen LogP contribution in [0.5, 0.6) is 0 Å². The molecule has 1 N–H and O–H groups in total. The molecule has 33 heavy (non-hydrogen) atoms. The lowest BCUT2D eigenvalue weighted by molar-refractivity contribution is -0.142. The zero-order valence-corrected chi connectivity index (χ0v) is 17.9. The van der Waals surface area contributed by atoms with Crippen LogP contribution in [-0.4, -0.2) is 49.6 Å². The van der Waals surface area contributed by atoms with Gasteiger partial charge in [-0.05, 0) is 30.3 Å². The number of methoxy groups -OCH3 is 2. The van der Waals surface area contributed by atoms with E-state index in [1.165, 1.54) is 38.5 Å². The van der Waals surface area contributed by atoms with Gasteiger partial charge in [0, 0.05) is 28.9 Å². The number of aromatic nitrogens is 1. The lowest BCUT2D eigenvalue weighted by atomic mass is 10.1. The molecule has 1 aromatic heterocycles. The number of anilines is 1. The number of carbonyl (C=O) groups is 4. The first-order valence-corrected chi connectivity index (χ1v) is 9.71. The smallest absolute Gasteiger partial charge is 0.337 e. The van der Waals surface area contributed by atoms with E-state index in [1.54, 1.807) is 18.3 Å². The number of nitrogens with zero attached hydrogens (tertiary/aromatic N) is 1. The van der Waals surface area contributed by atoms with Crippen LogP contribution in [0.1, 0.15) is 26.3 Å². The van der Waals surface area contributed by atoms with Gasteiger partial charge in [0.2, 0.25) is 0 Å². The van der Waals surface area contributed by atoms with Crippen LogP contribution in [0, 0.1) is 0 Å². The lowest BCUT2D eigenvalue weighted by Crippen LogP contribution is -2.20. The Morgan fingerprint density at radius 1 is 0.939 bits per heavy atom. The molecule has 0 saturated heterocycles. The second kappa shape index (κ2) is 10.7. The molecule has 9 heteroatoms. The molecule has 0 aliphatic rings. The third kappa shape index (κ3) is 6.01. The number of nitrogens with one attached hydrogen (secondary N) is 1. The molecule has 0 saturated carbocycles. The molecule has 0 atom stereocenters. The molecule has 3 rings (SSSR count). The number of para-hydroxylation sites is 1. The summed E-state index contributed by atoms with van der Waals surface area (Å²) in [5.41, 5.74) is 1.67. The highest BCUT2D eigenvalue weighted by atomic mass is 16.5. The van der Waals surface area contributed by atoms with Crippen molar-refractivity contribution in [2.24, 2.45) is 0 Å². The largest absolute Gasteiger partial charge is 0.465 e. The molecule has 0 radical (unpaired) electrons. The van der Waals surface area contributed by atoms with Gasteiger partial charge in [-0.15, -0.1) is 0 Å².